The van der Waals surface area contributed by atoms with Crippen LogP contribution in [0.3, 0.4) is 0 Å². The van der Waals surface area contributed by atoms with Gasteiger partial charge < -0.3 is 4.42 Å². The fourth-order valence-corrected chi connectivity index (χ4v) is 2.02. The van der Waals surface area contributed by atoms with Gasteiger partial charge in [0.25, 0.3) is 0 Å². The lowest BCUT2D eigenvalue weighted by molar-refractivity contribution is 0.367. The average Bonchev–Trinajstić information content (AvgIpc) is 2.69. The second kappa shape index (κ2) is 4.93. The summed E-state index contributed by atoms with van der Waals surface area (Å²) in [4.78, 5) is 0. The minimum absolute atomic E-state index is 0.0683. The summed E-state index contributed by atoms with van der Waals surface area (Å²) in [7, 11) is 0. The van der Waals surface area contributed by atoms with Gasteiger partial charge in [0.2, 0.25) is 0 Å². The van der Waals surface area contributed by atoms with E-state index in [2.05, 4.69) is 20.8 Å². The van der Waals surface area contributed by atoms with Gasteiger partial charge in [0.15, 0.2) is 11.4 Å². The number of halogens is 2. The molecule has 18 heavy (non-hydrogen) atoms. The van der Waals surface area contributed by atoms with E-state index in [1.807, 2.05) is 12.1 Å². The van der Waals surface area contributed by atoms with Gasteiger partial charge in [0.05, 0.1) is 0 Å². The lowest BCUT2D eigenvalue weighted by Gasteiger charge is -2.24. The maximum absolute atomic E-state index is 13.5. The van der Waals surface area contributed by atoms with E-state index in [0.29, 0.717) is 5.58 Å². The fraction of sp³-hybridized carbons (Fsp3) is 0.467. The van der Waals surface area contributed by atoms with Crippen molar-refractivity contribution in [1.82, 2.24) is 0 Å². The molecular formula is C15H18ClFO. The Labute approximate surface area is 112 Å². The molecule has 1 aromatic carbocycles. The first-order chi connectivity index (χ1) is 8.38. The van der Waals surface area contributed by atoms with Crippen LogP contribution in [0, 0.1) is 11.2 Å². The Morgan fingerprint density at radius 2 is 2.06 bits per heavy atom. The number of para-hydroxylation sites is 1. The van der Waals surface area contributed by atoms with Gasteiger partial charge in [-0.1, -0.05) is 32.9 Å². The van der Waals surface area contributed by atoms with E-state index in [0.717, 1.165) is 24.0 Å². The van der Waals surface area contributed by atoms with Crippen LogP contribution in [-0.2, 0) is 6.42 Å². The number of rotatable bonds is 3. The molecular weight excluding hydrogens is 251 g/mol. The number of alkyl halides is 1. The van der Waals surface area contributed by atoms with E-state index < -0.39 is 0 Å². The van der Waals surface area contributed by atoms with Crippen molar-refractivity contribution in [1.29, 1.82) is 0 Å². The largest absolute Gasteiger partial charge is 0.458 e. The van der Waals surface area contributed by atoms with Gasteiger partial charge >= 0.3 is 0 Å². The second-order valence-electron chi connectivity index (χ2n) is 5.74. The van der Waals surface area contributed by atoms with Gasteiger partial charge in [-0.05, 0) is 24.0 Å². The summed E-state index contributed by atoms with van der Waals surface area (Å²) in [6.45, 7) is 6.34. The van der Waals surface area contributed by atoms with Crippen molar-refractivity contribution in [3.8, 4) is 0 Å². The Kier molecular flexibility index (Phi) is 3.67. The summed E-state index contributed by atoms with van der Waals surface area (Å²) >= 11 is 6.32. The highest BCUT2D eigenvalue weighted by Crippen LogP contribution is 2.29. The first-order valence-corrected chi connectivity index (χ1v) is 6.62. The van der Waals surface area contributed by atoms with E-state index in [-0.39, 0.29) is 16.6 Å². The molecule has 98 valence electrons. The molecule has 0 saturated carbocycles. The second-order valence-corrected chi connectivity index (χ2v) is 6.27. The topological polar surface area (TPSA) is 13.1 Å². The molecule has 0 amide bonds. The van der Waals surface area contributed by atoms with Crippen LogP contribution >= 0.6 is 11.6 Å². The number of hydrogen-bond acceptors (Lipinski definition) is 1. The number of benzene rings is 1. The lowest BCUT2D eigenvalue weighted by atomic mass is 9.89. The van der Waals surface area contributed by atoms with Crippen LogP contribution in [-0.4, -0.2) is 5.38 Å². The summed E-state index contributed by atoms with van der Waals surface area (Å²) < 4.78 is 19.0. The first-order valence-electron chi connectivity index (χ1n) is 6.19. The van der Waals surface area contributed by atoms with Crippen molar-refractivity contribution in [3.63, 3.8) is 0 Å². The number of furan rings is 1. The van der Waals surface area contributed by atoms with Crippen LogP contribution in [0.4, 0.5) is 4.39 Å². The summed E-state index contributed by atoms with van der Waals surface area (Å²) in [6.07, 6.45) is 1.56. The van der Waals surface area contributed by atoms with E-state index in [9.17, 15) is 4.39 Å². The molecule has 0 fully saturated rings. The number of aryl methyl sites for hydroxylation is 1. The fourth-order valence-electron chi connectivity index (χ4n) is 1.91. The third-order valence-corrected chi connectivity index (χ3v) is 4.00. The third kappa shape index (κ3) is 2.86. The third-order valence-electron chi connectivity index (χ3n) is 3.13. The van der Waals surface area contributed by atoms with Gasteiger partial charge in [0.1, 0.15) is 5.76 Å². The molecule has 1 nitrogen and oxygen atoms in total. The summed E-state index contributed by atoms with van der Waals surface area (Å²) in [6, 6.07) is 6.85. The summed E-state index contributed by atoms with van der Waals surface area (Å²) in [5, 5.41) is 0.891. The minimum atomic E-state index is -0.308. The Bertz CT molecular complexity index is 539. The molecule has 0 radical (unpaired) electrons. The Morgan fingerprint density at radius 1 is 1.33 bits per heavy atom. The smallest absolute Gasteiger partial charge is 0.169 e. The van der Waals surface area contributed by atoms with Gasteiger partial charge in [-0.25, -0.2) is 4.39 Å². The number of fused-ring (bicyclic) bond motifs is 1. The van der Waals surface area contributed by atoms with E-state index >= 15 is 0 Å². The van der Waals surface area contributed by atoms with Crippen molar-refractivity contribution in [2.45, 2.75) is 39.0 Å². The molecule has 3 heteroatoms. The monoisotopic (exact) mass is 268 g/mol. The Morgan fingerprint density at radius 3 is 2.67 bits per heavy atom. The molecule has 1 unspecified atom stereocenters. The van der Waals surface area contributed by atoms with Crippen molar-refractivity contribution in [2.75, 3.05) is 0 Å². The van der Waals surface area contributed by atoms with Crippen LogP contribution < -0.4 is 0 Å². The zero-order valence-electron chi connectivity index (χ0n) is 11.0. The van der Waals surface area contributed by atoms with Crippen LogP contribution in [0.15, 0.2) is 28.7 Å². The summed E-state index contributed by atoms with van der Waals surface area (Å²) in [5.74, 6) is 0.488. The van der Waals surface area contributed by atoms with Crippen molar-refractivity contribution in [2.24, 2.45) is 5.41 Å². The van der Waals surface area contributed by atoms with Crippen LogP contribution in [0.25, 0.3) is 11.0 Å². The molecule has 0 N–H and O–H groups in total. The molecule has 0 aliphatic rings. The normalized spacial score (nSPS) is 14.1. The first kappa shape index (κ1) is 13.4. The van der Waals surface area contributed by atoms with E-state index in [1.54, 1.807) is 6.07 Å². The molecule has 2 aromatic rings. The number of hydrogen-bond donors (Lipinski definition) is 0. The maximum Gasteiger partial charge on any atom is 0.169 e. The zero-order valence-corrected chi connectivity index (χ0v) is 11.7. The van der Waals surface area contributed by atoms with Crippen molar-refractivity contribution >= 4 is 22.6 Å². The Hall–Kier alpha value is -1.02. The molecule has 0 spiro atoms. The van der Waals surface area contributed by atoms with E-state index in [1.165, 1.54) is 6.07 Å². The quantitative estimate of drug-likeness (QED) is 0.701. The van der Waals surface area contributed by atoms with Gasteiger partial charge in [-0.15, -0.1) is 11.6 Å². The highest BCUT2D eigenvalue weighted by Gasteiger charge is 2.22. The zero-order chi connectivity index (χ0) is 13.3. The Balaban J connectivity index is 2.11. The average molecular weight is 269 g/mol. The van der Waals surface area contributed by atoms with Gasteiger partial charge in [-0.3, -0.25) is 0 Å². The maximum atomic E-state index is 13.5. The molecule has 1 atom stereocenters. The van der Waals surface area contributed by atoms with Crippen molar-refractivity contribution in [3.05, 3.63) is 35.8 Å². The highest BCUT2D eigenvalue weighted by atomic mass is 35.5. The molecule has 0 aliphatic carbocycles. The molecule has 1 aromatic heterocycles. The molecule has 0 aliphatic heterocycles. The molecule has 1 heterocycles. The van der Waals surface area contributed by atoms with Crippen LogP contribution in [0.2, 0.25) is 0 Å². The van der Waals surface area contributed by atoms with Gasteiger partial charge in [0, 0.05) is 17.2 Å². The molecule has 0 bridgehead atoms. The van der Waals surface area contributed by atoms with Crippen LogP contribution in [0.1, 0.15) is 33.0 Å². The standard InChI is InChI=1S/C15H18ClFO/c1-15(2,3)13(16)8-7-11-9-10-5-4-6-12(17)14(10)18-11/h4-6,9,13H,7-8H2,1-3H3. The SMILES string of the molecule is CC(C)(C)C(Cl)CCc1cc2cccc(F)c2o1. The van der Waals surface area contributed by atoms with Crippen molar-refractivity contribution < 1.29 is 8.81 Å². The van der Waals surface area contributed by atoms with Gasteiger partial charge in [-0.2, -0.15) is 0 Å². The summed E-state index contributed by atoms with van der Waals surface area (Å²) in [5.41, 5.74) is 0.410. The van der Waals surface area contributed by atoms with Crippen LogP contribution in [0.5, 0.6) is 0 Å². The predicted molar refractivity (Wildman–Crippen MR) is 73.6 cm³/mol. The highest BCUT2D eigenvalue weighted by molar-refractivity contribution is 6.21. The molecule has 2 rings (SSSR count). The molecule has 0 saturated heterocycles. The lowest BCUT2D eigenvalue weighted by Crippen LogP contribution is -2.21. The predicted octanol–water partition coefficient (Wildman–Crippen LogP) is 5.16. The minimum Gasteiger partial charge on any atom is -0.458 e. The van der Waals surface area contributed by atoms with E-state index in [4.69, 9.17) is 16.0 Å².